The van der Waals surface area contributed by atoms with Crippen molar-refractivity contribution in [2.75, 3.05) is 10.6 Å². The topological polar surface area (TPSA) is 99.8 Å². The van der Waals surface area contributed by atoms with Gasteiger partial charge in [0.25, 0.3) is 5.91 Å². The fourth-order valence-electron chi connectivity index (χ4n) is 3.29. The van der Waals surface area contributed by atoms with Gasteiger partial charge in [0, 0.05) is 35.8 Å². The molecule has 32 heavy (non-hydrogen) atoms. The number of benzene rings is 2. The average molecular weight is 448 g/mol. The first-order chi connectivity index (χ1) is 15.4. The second-order valence-electron chi connectivity index (χ2n) is 7.85. The average Bonchev–Trinajstić information content (AvgIpc) is 3.18. The van der Waals surface area contributed by atoms with Crippen molar-refractivity contribution in [2.24, 2.45) is 5.92 Å². The van der Waals surface area contributed by atoms with Crippen molar-refractivity contribution in [3.05, 3.63) is 71.5 Å². The molecule has 7 nitrogen and oxygen atoms in total. The number of aromatic nitrogens is 3. The zero-order valence-electron chi connectivity index (χ0n) is 17.6. The number of rotatable bonds is 6. The fraction of sp³-hybridized carbons (Fsp3) is 0.167. The van der Waals surface area contributed by atoms with E-state index in [4.69, 9.17) is 11.6 Å². The maximum Gasteiger partial charge on any atom is 0.257 e. The molecule has 0 atom stereocenters. The molecule has 0 unspecified atom stereocenters. The van der Waals surface area contributed by atoms with Gasteiger partial charge in [-0.1, -0.05) is 25.4 Å². The highest BCUT2D eigenvalue weighted by Gasteiger charge is 2.14. The number of nitrogens with zero attached hydrogens (tertiary/aromatic N) is 2. The van der Waals surface area contributed by atoms with Crippen LogP contribution in [-0.2, 0) is 4.79 Å². The Bertz CT molecular complexity index is 1280. The monoisotopic (exact) mass is 447 g/mol. The molecule has 2 aromatic carbocycles. The highest BCUT2D eigenvalue weighted by atomic mass is 35.5. The van der Waals surface area contributed by atoms with E-state index in [9.17, 15) is 9.59 Å². The van der Waals surface area contributed by atoms with E-state index in [0.29, 0.717) is 28.6 Å². The lowest BCUT2D eigenvalue weighted by Crippen LogP contribution is -2.16. The third-order valence-electron chi connectivity index (χ3n) is 4.76. The molecule has 4 rings (SSSR count). The second-order valence-corrected chi connectivity index (χ2v) is 8.26. The Labute approximate surface area is 190 Å². The molecule has 0 saturated carbocycles. The Balaban J connectivity index is 1.53. The van der Waals surface area contributed by atoms with Crippen LogP contribution in [0.1, 0.15) is 30.6 Å². The molecule has 0 fully saturated rings. The molecule has 0 aliphatic heterocycles. The highest BCUT2D eigenvalue weighted by molar-refractivity contribution is 6.34. The van der Waals surface area contributed by atoms with Gasteiger partial charge in [-0.05, 0) is 54.4 Å². The van der Waals surface area contributed by atoms with Crippen molar-refractivity contribution < 1.29 is 9.59 Å². The smallest absolute Gasteiger partial charge is 0.257 e. The van der Waals surface area contributed by atoms with Crippen LogP contribution in [0.5, 0.6) is 0 Å². The Morgan fingerprint density at radius 3 is 2.59 bits per heavy atom. The zero-order chi connectivity index (χ0) is 22.7. The summed E-state index contributed by atoms with van der Waals surface area (Å²) in [6.07, 6.45) is 3.83. The molecule has 0 saturated heterocycles. The van der Waals surface area contributed by atoms with Crippen molar-refractivity contribution in [3.8, 4) is 11.4 Å². The van der Waals surface area contributed by atoms with E-state index in [2.05, 4.69) is 25.6 Å². The molecular formula is C24H22ClN5O2. The number of anilines is 2. The van der Waals surface area contributed by atoms with Gasteiger partial charge < -0.3 is 15.6 Å². The molecule has 2 aromatic heterocycles. The molecule has 0 bridgehead atoms. The summed E-state index contributed by atoms with van der Waals surface area (Å²) in [5.41, 5.74) is 3.81. The molecule has 0 aliphatic rings. The number of nitrogens with one attached hydrogen (secondary N) is 3. The van der Waals surface area contributed by atoms with Gasteiger partial charge in [0.15, 0.2) is 0 Å². The van der Waals surface area contributed by atoms with Crippen molar-refractivity contribution in [2.45, 2.75) is 20.3 Å². The predicted octanol–water partition coefficient (Wildman–Crippen LogP) is 5.52. The van der Waals surface area contributed by atoms with E-state index in [1.807, 2.05) is 38.1 Å². The zero-order valence-corrected chi connectivity index (χ0v) is 18.4. The SMILES string of the molecule is CC(C)CC(=O)Nc1ccc(Cl)c(C(=O)Nc2ccc3nc(-c4cccnc4)[nH]c3c2)c1. The lowest BCUT2D eigenvalue weighted by atomic mass is 10.1. The van der Waals surface area contributed by atoms with Crippen molar-refractivity contribution >= 4 is 45.8 Å². The lowest BCUT2D eigenvalue weighted by Gasteiger charge is -2.11. The summed E-state index contributed by atoms with van der Waals surface area (Å²) in [6.45, 7) is 3.94. The number of carbonyl (C=O) groups is 2. The first kappa shape index (κ1) is 21.5. The van der Waals surface area contributed by atoms with Gasteiger partial charge in [-0.2, -0.15) is 0 Å². The number of amides is 2. The number of halogens is 1. The summed E-state index contributed by atoms with van der Waals surface area (Å²) in [4.78, 5) is 36.8. The van der Waals surface area contributed by atoms with Crippen LogP contribution in [0.25, 0.3) is 22.4 Å². The normalized spacial score (nSPS) is 11.0. The van der Waals surface area contributed by atoms with Gasteiger partial charge in [-0.25, -0.2) is 4.98 Å². The maximum atomic E-state index is 12.9. The van der Waals surface area contributed by atoms with Crippen LogP contribution in [0, 0.1) is 5.92 Å². The minimum Gasteiger partial charge on any atom is -0.338 e. The number of imidazole rings is 1. The van der Waals surface area contributed by atoms with Crippen molar-refractivity contribution in [3.63, 3.8) is 0 Å². The Hall–Kier alpha value is -3.71. The summed E-state index contributed by atoms with van der Waals surface area (Å²) >= 11 is 6.25. The van der Waals surface area contributed by atoms with E-state index >= 15 is 0 Å². The second kappa shape index (κ2) is 9.20. The van der Waals surface area contributed by atoms with Gasteiger partial charge in [0.2, 0.25) is 5.91 Å². The lowest BCUT2D eigenvalue weighted by molar-refractivity contribution is -0.116. The Morgan fingerprint density at radius 2 is 1.84 bits per heavy atom. The summed E-state index contributed by atoms with van der Waals surface area (Å²) in [5, 5.41) is 5.96. The van der Waals surface area contributed by atoms with Crippen molar-refractivity contribution in [1.82, 2.24) is 15.0 Å². The number of H-pyrrole nitrogens is 1. The number of hydrogen-bond donors (Lipinski definition) is 3. The number of hydrogen-bond acceptors (Lipinski definition) is 4. The van der Waals surface area contributed by atoms with E-state index < -0.39 is 0 Å². The van der Waals surface area contributed by atoms with Crippen LogP contribution in [0.15, 0.2) is 60.9 Å². The molecule has 8 heteroatoms. The fourth-order valence-corrected chi connectivity index (χ4v) is 3.49. The van der Waals surface area contributed by atoms with E-state index in [0.717, 1.165) is 16.6 Å². The van der Waals surface area contributed by atoms with Crippen LogP contribution in [0.4, 0.5) is 11.4 Å². The van der Waals surface area contributed by atoms with Gasteiger partial charge in [-0.15, -0.1) is 0 Å². The molecule has 162 valence electrons. The van der Waals surface area contributed by atoms with Gasteiger partial charge in [0.1, 0.15) is 5.82 Å². The van der Waals surface area contributed by atoms with Gasteiger partial charge >= 0.3 is 0 Å². The number of fused-ring (bicyclic) bond motifs is 1. The minimum absolute atomic E-state index is 0.109. The minimum atomic E-state index is -0.374. The molecule has 4 aromatic rings. The maximum absolute atomic E-state index is 12.9. The molecule has 0 radical (unpaired) electrons. The highest BCUT2D eigenvalue weighted by Crippen LogP contribution is 2.25. The Morgan fingerprint density at radius 1 is 1.06 bits per heavy atom. The largest absolute Gasteiger partial charge is 0.338 e. The quantitative estimate of drug-likeness (QED) is 0.362. The standard InChI is InChI=1S/C24H22ClN5O2/c1-14(2)10-22(31)27-16-5-7-19(25)18(11-16)24(32)28-17-6-8-20-21(12-17)30-23(29-20)15-4-3-9-26-13-15/h3-9,11-14H,10H2,1-2H3,(H,27,31)(H,28,32)(H,29,30). The van der Waals surface area contributed by atoms with Crippen LogP contribution in [-0.4, -0.2) is 26.8 Å². The summed E-state index contributed by atoms with van der Waals surface area (Å²) in [6, 6.07) is 14.0. The third kappa shape index (κ3) is 4.95. The number of pyridine rings is 1. The summed E-state index contributed by atoms with van der Waals surface area (Å²) in [7, 11) is 0. The van der Waals surface area contributed by atoms with Crippen LogP contribution < -0.4 is 10.6 Å². The van der Waals surface area contributed by atoms with Crippen molar-refractivity contribution in [1.29, 1.82) is 0 Å². The van der Waals surface area contributed by atoms with Crippen LogP contribution in [0.3, 0.4) is 0 Å². The predicted molar refractivity (Wildman–Crippen MR) is 127 cm³/mol. The number of aromatic amines is 1. The van der Waals surface area contributed by atoms with Crippen LogP contribution in [0.2, 0.25) is 5.02 Å². The van der Waals surface area contributed by atoms with E-state index in [1.165, 1.54) is 0 Å². The van der Waals surface area contributed by atoms with E-state index in [1.54, 1.807) is 36.7 Å². The molecule has 3 N–H and O–H groups in total. The van der Waals surface area contributed by atoms with E-state index in [-0.39, 0.29) is 23.3 Å². The molecular weight excluding hydrogens is 426 g/mol. The Kier molecular flexibility index (Phi) is 6.18. The summed E-state index contributed by atoms with van der Waals surface area (Å²) in [5.74, 6) is 0.453. The van der Waals surface area contributed by atoms with Gasteiger partial charge in [-0.3, -0.25) is 14.6 Å². The van der Waals surface area contributed by atoms with Crippen LogP contribution >= 0.6 is 11.6 Å². The molecule has 2 amide bonds. The molecule has 0 spiro atoms. The first-order valence-corrected chi connectivity index (χ1v) is 10.6. The summed E-state index contributed by atoms with van der Waals surface area (Å²) < 4.78 is 0. The molecule has 0 aliphatic carbocycles. The third-order valence-corrected chi connectivity index (χ3v) is 5.09. The van der Waals surface area contributed by atoms with Gasteiger partial charge in [0.05, 0.1) is 21.6 Å². The number of carbonyl (C=O) groups excluding carboxylic acids is 2. The molecule has 2 heterocycles. The first-order valence-electron chi connectivity index (χ1n) is 10.2.